The molecule has 0 radical (unpaired) electrons. The lowest BCUT2D eigenvalue weighted by atomic mass is 10.3. The second-order valence-electron chi connectivity index (χ2n) is 5.82. The molecule has 4 nitrogen and oxygen atoms in total. The van der Waals surface area contributed by atoms with Gasteiger partial charge in [0.25, 0.3) is 0 Å². The molecule has 0 unspecified atom stereocenters. The number of hydrogen-bond acceptors (Lipinski definition) is 4. The molecule has 3 rings (SSSR count). The Morgan fingerprint density at radius 3 is 2.57 bits per heavy atom. The maximum absolute atomic E-state index is 12.3. The van der Waals surface area contributed by atoms with E-state index in [-0.39, 0.29) is 5.75 Å². The molecule has 2 heterocycles. The van der Waals surface area contributed by atoms with Gasteiger partial charge in [0.2, 0.25) is 0 Å². The molecule has 1 saturated heterocycles. The lowest BCUT2D eigenvalue weighted by molar-refractivity contribution is -0.274. The van der Waals surface area contributed by atoms with Gasteiger partial charge in [-0.1, -0.05) is 6.07 Å². The van der Waals surface area contributed by atoms with Crippen LogP contribution in [0.1, 0.15) is 12.8 Å². The second kappa shape index (κ2) is 6.70. The Morgan fingerprint density at radius 1 is 1.04 bits per heavy atom. The number of ether oxygens (including phenoxy) is 1. The minimum absolute atomic E-state index is 0.195. The first kappa shape index (κ1) is 16.0. The topological polar surface area (TPSA) is 19.0 Å². The van der Waals surface area contributed by atoms with E-state index >= 15 is 0 Å². The molecule has 0 amide bonds. The maximum Gasteiger partial charge on any atom is 0.573 e. The highest BCUT2D eigenvalue weighted by Crippen LogP contribution is 2.28. The van der Waals surface area contributed by atoms with Crippen molar-refractivity contribution in [2.24, 2.45) is 0 Å². The van der Waals surface area contributed by atoms with Crippen LogP contribution in [0.25, 0.3) is 0 Å². The van der Waals surface area contributed by atoms with Crippen LogP contribution in [-0.2, 0) is 0 Å². The molecule has 0 spiro atoms. The highest BCUT2D eigenvalue weighted by molar-refractivity contribution is 5.53. The van der Waals surface area contributed by atoms with Crippen molar-refractivity contribution in [2.75, 3.05) is 37.7 Å². The number of nitrogens with zero attached hydrogens (tertiary/aromatic N) is 3. The number of hydrogen-bond donors (Lipinski definition) is 0. The van der Waals surface area contributed by atoms with E-state index < -0.39 is 6.36 Å². The summed E-state index contributed by atoms with van der Waals surface area (Å²) in [7, 11) is 0. The van der Waals surface area contributed by atoms with Crippen LogP contribution >= 0.6 is 0 Å². The Bertz CT molecular complexity index is 556. The van der Waals surface area contributed by atoms with E-state index in [1.165, 1.54) is 25.0 Å². The Morgan fingerprint density at radius 2 is 1.83 bits per heavy atom. The Hall–Kier alpha value is -1.89. The molecule has 0 aromatic heterocycles. The first-order valence-electron chi connectivity index (χ1n) is 7.77. The van der Waals surface area contributed by atoms with Crippen LogP contribution in [0.15, 0.2) is 36.7 Å². The van der Waals surface area contributed by atoms with E-state index in [9.17, 15) is 13.2 Å². The maximum atomic E-state index is 12.3. The average molecular weight is 327 g/mol. The summed E-state index contributed by atoms with van der Waals surface area (Å²) in [6, 6.07) is 6.05. The van der Waals surface area contributed by atoms with Crippen molar-refractivity contribution in [1.82, 2.24) is 9.80 Å². The van der Waals surface area contributed by atoms with Crippen LogP contribution in [0, 0.1) is 0 Å². The summed E-state index contributed by atoms with van der Waals surface area (Å²) in [6.45, 7) is 4.92. The van der Waals surface area contributed by atoms with Crippen molar-refractivity contribution >= 4 is 5.69 Å². The Labute approximate surface area is 133 Å². The van der Waals surface area contributed by atoms with E-state index in [2.05, 4.69) is 14.5 Å². The standard InChI is InChI=1S/C16H20F3N3O/c17-16(18,19)23-15-5-3-4-14(12-15)22-11-10-21(13-22)9-8-20-6-1-2-7-20/h3-5,10-12H,1-2,6-9,13H2. The van der Waals surface area contributed by atoms with Crippen molar-refractivity contribution < 1.29 is 17.9 Å². The van der Waals surface area contributed by atoms with Crippen LogP contribution in [0.5, 0.6) is 5.75 Å². The molecule has 0 atom stereocenters. The zero-order chi connectivity index (χ0) is 16.3. The number of alkyl halides is 3. The third kappa shape index (κ3) is 4.54. The quantitative estimate of drug-likeness (QED) is 0.826. The predicted octanol–water partition coefficient (Wildman–Crippen LogP) is 3.23. The molecule has 2 aliphatic rings. The van der Waals surface area contributed by atoms with Gasteiger partial charge in [-0.2, -0.15) is 0 Å². The van der Waals surface area contributed by atoms with Crippen molar-refractivity contribution in [3.8, 4) is 5.75 Å². The molecule has 126 valence electrons. The van der Waals surface area contributed by atoms with E-state index in [4.69, 9.17) is 0 Å². The summed E-state index contributed by atoms with van der Waals surface area (Å²) in [5, 5.41) is 0. The first-order chi connectivity index (χ1) is 11.0. The molecule has 1 aromatic rings. The molecule has 0 N–H and O–H groups in total. The minimum atomic E-state index is -4.67. The van der Waals surface area contributed by atoms with Crippen LogP contribution in [0.3, 0.4) is 0 Å². The minimum Gasteiger partial charge on any atom is -0.406 e. The van der Waals surface area contributed by atoms with E-state index in [0.29, 0.717) is 12.4 Å². The second-order valence-corrected chi connectivity index (χ2v) is 5.82. The van der Waals surface area contributed by atoms with Crippen LogP contribution in [0.4, 0.5) is 18.9 Å². The van der Waals surface area contributed by atoms with Gasteiger partial charge in [0, 0.05) is 37.2 Å². The van der Waals surface area contributed by atoms with Gasteiger partial charge in [0.15, 0.2) is 0 Å². The molecular weight excluding hydrogens is 307 g/mol. The van der Waals surface area contributed by atoms with Gasteiger partial charge >= 0.3 is 6.36 Å². The molecule has 0 aliphatic carbocycles. The third-order valence-electron chi connectivity index (χ3n) is 4.08. The average Bonchev–Trinajstić information content (AvgIpc) is 3.15. The summed E-state index contributed by atoms with van der Waals surface area (Å²) >= 11 is 0. The van der Waals surface area contributed by atoms with Crippen LogP contribution in [-0.4, -0.2) is 49.0 Å². The number of likely N-dealkylation sites (tertiary alicyclic amines) is 1. The highest BCUT2D eigenvalue weighted by atomic mass is 19.4. The van der Waals surface area contributed by atoms with Crippen molar-refractivity contribution in [3.05, 3.63) is 36.7 Å². The monoisotopic (exact) mass is 327 g/mol. The predicted molar refractivity (Wildman–Crippen MR) is 82.0 cm³/mol. The molecule has 0 saturated carbocycles. The van der Waals surface area contributed by atoms with E-state index in [0.717, 1.165) is 26.2 Å². The summed E-state index contributed by atoms with van der Waals surface area (Å²) < 4.78 is 40.9. The first-order valence-corrected chi connectivity index (χ1v) is 7.77. The summed E-state index contributed by atoms with van der Waals surface area (Å²) in [5.41, 5.74) is 0.687. The van der Waals surface area contributed by atoms with Crippen molar-refractivity contribution in [3.63, 3.8) is 0 Å². The normalized spacial score (nSPS) is 18.9. The number of halogens is 3. The molecule has 7 heteroatoms. The molecule has 0 bridgehead atoms. The summed E-state index contributed by atoms with van der Waals surface area (Å²) in [5.74, 6) is -0.195. The number of anilines is 1. The van der Waals surface area contributed by atoms with E-state index in [1.54, 1.807) is 12.1 Å². The Balaban J connectivity index is 1.54. The van der Waals surface area contributed by atoms with Crippen molar-refractivity contribution in [1.29, 1.82) is 0 Å². The largest absolute Gasteiger partial charge is 0.573 e. The highest BCUT2D eigenvalue weighted by Gasteiger charge is 2.31. The van der Waals surface area contributed by atoms with Gasteiger partial charge in [-0.05, 0) is 38.1 Å². The van der Waals surface area contributed by atoms with Gasteiger partial charge in [0.05, 0.1) is 6.67 Å². The van der Waals surface area contributed by atoms with Crippen LogP contribution < -0.4 is 9.64 Å². The van der Waals surface area contributed by atoms with Gasteiger partial charge in [-0.25, -0.2) is 0 Å². The summed E-state index contributed by atoms with van der Waals surface area (Å²) in [6.07, 6.45) is 1.74. The molecule has 2 aliphatic heterocycles. The lowest BCUT2D eigenvalue weighted by Crippen LogP contribution is -2.33. The van der Waals surface area contributed by atoms with Crippen LogP contribution in [0.2, 0.25) is 0 Å². The Kier molecular flexibility index (Phi) is 4.66. The number of benzene rings is 1. The van der Waals surface area contributed by atoms with Gasteiger partial charge in [-0.15, -0.1) is 13.2 Å². The fourth-order valence-corrected chi connectivity index (χ4v) is 2.91. The molecule has 1 fully saturated rings. The van der Waals surface area contributed by atoms with Crippen molar-refractivity contribution in [2.45, 2.75) is 19.2 Å². The summed E-state index contributed by atoms with van der Waals surface area (Å²) in [4.78, 5) is 6.51. The lowest BCUT2D eigenvalue weighted by Gasteiger charge is -2.24. The zero-order valence-electron chi connectivity index (χ0n) is 12.8. The third-order valence-corrected chi connectivity index (χ3v) is 4.08. The zero-order valence-corrected chi connectivity index (χ0v) is 12.8. The molecular formula is C16H20F3N3O. The van der Waals surface area contributed by atoms with Gasteiger partial charge in [-0.3, -0.25) is 0 Å². The van der Waals surface area contributed by atoms with Gasteiger partial charge in [0.1, 0.15) is 5.75 Å². The molecule has 23 heavy (non-hydrogen) atoms. The fraction of sp³-hybridized carbons (Fsp3) is 0.500. The van der Waals surface area contributed by atoms with E-state index in [1.807, 2.05) is 17.3 Å². The molecule has 1 aromatic carbocycles. The SMILES string of the molecule is FC(F)(F)Oc1cccc(N2C=CN(CCN3CCCC3)C2)c1. The number of rotatable bonds is 5. The fourth-order valence-electron chi connectivity index (χ4n) is 2.91. The smallest absolute Gasteiger partial charge is 0.406 e. The van der Waals surface area contributed by atoms with Gasteiger partial charge < -0.3 is 19.4 Å².